The second-order valence-corrected chi connectivity index (χ2v) is 10.2. The summed E-state index contributed by atoms with van der Waals surface area (Å²) >= 11 is 0. The van der Waals surface area contributed by atoms with Crippen LogP contribution in [0.4, 0.5) is 16.3 Å². The smallest absolute Gasteiger partial charge is 0.328 e. The third-order valence-electron chi connectivity index (χ3n) is 6.98. The van der Waals surface area contributed by atoms with Crippen LogP contribution in [0.2, 0.25) is 0 Å². The van der Waals surface area contributed by atoms with Crippen molar-refractivity contribution in [1.29, 1.82) is 0 Å². The van der Waals surface area contributed by atoms with Crippen LogP contribution in [0.5, 0.6) is 28.7 Å². The maximum Gasteiger partial charge on any atom is 0.328 e. The van der Waals surface area contributed by atoms with E-state index in [1.165, 1.54) is 0 Å². The van der Waals surface area contributed by atoms with Crippen LogP contribution in [0.3, 0.4) is 0 Å². The van der Waals surface area contributed by atoms with Crippen molar-refractivity contribution in [2.24, 2.45) is 4.99 Å². The van der Waals surface area contributed by atoms with Gasteiger partial charge in [-0.2, -0.15) is 5.10 Å². The van der Waals surface area contributed by atoms with Crippen molar-refractivity contribution < 1.29 is 28.5 Å². The Kier molecular flexibility index (Phi) is 5.41. The number of hydrogen-bond acceptors (Lipinski definition) is 8. The zero-order chi connectivity index (χ0) is 26.8. The molecule has 4 heterocycles. The van der Waals surface area contributed by atoms with E-state index >= 15 is 0 Å². The summed E-state index contributed by atoms with van der Waals surface area (Å²) in [5.41, 5.74) is 1.92. The topological polar surface area (TPSA) is 109 Å². The number of hydrogen-bond donors (Lipinski definition) is 1. The van der Waals surface area contributed by atoms with E-state index in [1.807, 2.05) is 41.2 Å². The van der Waals surface area contributed by atoms with E-state index in [9.17, 15) is 4.79 Å². The van der Waals surface area contributed by atoms with Crippen LogP contribution in [0.25, 0.3) is 0 Å². The number of amidine groups is 1. The average molecular weight is 520 g/mol. The molecule has 2 atom stereocenters. The minimum atomic E-state index is -0.529. The van der Waals surface area contributed by atoms with Crippen molar-refractivity contribution >= 4 is 23.4 Å². The average Bonchev–Trinajstić information content (AvgIpc) is 3.62. The first-order chi connectivity index (χ1) is 18.3. The lowest BCUT2D eigenvalue weighted by Gasteiger charge is -2.34. The number of ether oxygens (including phenoxy) is 5. The molecule has 3 aliphatic rings. The normalized spacial score (nSPS) is 19.5. The van der Waals surface area contributed by atoms with Gasteiger partial charge in [-0.05, 0) is 39.0 Å². The summed E-state index contributed by atoms with van der Waals surface area (Å²) in [7, 11) is 4.76. The number of aromatic nitrogens is 2. The number of benzene rings is 2. The minimum absolute atomic E-state index is 0.0511. The van der Waals surface area contributed by atoms with Gasteiger partial charge in [0, 0.05) is 28.8 Å². The van der Waals surface area contributed by atoms with Gasteiger partial charge in [-0.15, -0.1) is 0 Å². The lowest BCUT2D eigenvalue weighted by molar-refractivity contribution is 0.168. The van der Waals surface area contributed by atoms with E-state index in [2.05, 4.69) is 26.1 Å². The Bertz CT molecular complexity index is 1470. The van der Waals surface area contributed by atoms with Gasteiger partial charge in [-0.1, -0.05) is 6.07 Å². The minimum Gasteiger partial charge on any atom is -0.497 e. The van der Waals surface area contributed by atoms with Gasteiger partial charge in [0.15, 0.2) is 17.3 Å². The number of rotatable bonds is 5. The predicted octanol–water partition coefficient (Wildman–Crippen LogP) is 4.17. The highest BCUT2D eigenvalue weighted by molar-refractivity contribution is 6.18. The summed E-state index contributed by atoms with van der Waals surface area (Å²) in [6.45, 7) is 6.22. The quantitative estimate of drug-likeness (QED) is 0.539. The molecule has 2 unspecified atom stereocenters. The van der Waals surface area contributed by atoms with Crippen LogP contribution in [-0.4, -0.2) is 55.8 Å². The van der Waals surface area contributed by atoms with Crippen LogP contribution >= 0.6 is 0 Å². The number of methoxy groups -OCH3 is 3. The molecule has 11 heteroatoms. The molecule has 0 aliphatic carbocycles. The number of fused-ring (bicyclic) bond motifs is 3. The molecule has 2 aromatic carbocycles. The molecule has 1 fully saturated rings. The van der Waals surface area contributed by atoms with Crippen LogP contribution in [-0.2, 0) is 5.54 Å². The van der Waals surface area contributed by atoms with Gasteiger partial charge in [-0.25, -0.2) is 14.5 Å². The molecule has 11 nitrogen and oxygen atoms in total. The third kappa shape index (κ3) is 3.45. The Labute approximate surface area is 219 Å². The van der Waals surface area contributed by atoms with E-state index in [0.717, 1.165) is 11.1 Å². The summed E-state index contributed by atoms with van der Waals surface area (Å²) in [6, 6.07) is 8.44. The molecule has 6 rings (SSSR count). The largest absolute Gasteiger partial charge is 0.497 e. The number of aliphatic imine (C=N–C) groups is 1. The van der Waals surface area contributed by atoms with E-state index in [0.29, 0.717) is 46.1 Å². The monoisotopic (exact) mass is 519 g/mol. The second kappa shape index (κ2) is 8.57. The van der Waals surface area contributed by atoms with Crippen molar-refractivity contribution in [3.63, 3.8) is 0 Å². The maximum absolute atomic E-state index is 13.5. The van der Waals surface area contributed by atoms with Gasteiger partial charge in [0.1, 0.15) is 17.6 Å². The standard InChI is InChI=1S/C27H29N5O6/c1-27(2,3)32-25-17(12-28-32)19(16-11-18(35-5)22-23(21(16)36-6)38-13-37-22)20-24(29-25)30-26(33)31(20)14-8-7-9-15(10-14)34-4/h7-12,19-20H,13H2,1-6H3,(H,29,30,33). The van der Waals surface area contributed by atoms with Gasteiger partial charge < -0.3 is 23.7 Å². The molecular weight excluding hydrogens is 490 g/mol. The Morgan fingerprint density at radius 2 is 1.82 bits per heavy atom. The molecule has 0 bridgehead atoms. The fourth-order valence-corrected chi connectivity index (χ4v) is 5.36. The fraction of sp³-hybridized carbons (Fsp3) is 0.370. The molecular formula is C27H29N5O6. The zero-order valence-corrected chi connectivity index (χ0v) is 22.1. The SMILES string of the molecule is COc1cccc(N2C(=O)NC3=Nc4c(cnn4C(C)(C)C)C(c4cc(OC)c5c(c4OC)OCO5)C32)c1. The van der Waals surface area contributed by atoms with E-state index in [4.69, 9.17) is 33.8 Å². The van der Waals surface area contributed by atoms with Crippen molar-refractivity contribution in [1.82, 2.24) is 15.1 Å². The highest BCUT2D eigenvalue weighted by Crippen LogP contribution is 2.55. The highest BCUT2D eigenvalue weighted by Gasteiger charge is 2.50. The number of carbonyl (C=O) groups excluding carboxylic acids is 1. The van der Waals surface area contributed by atoms with Crippen molar-refractivity contribution in [3.05, 3.63) is 47.7 Å². The summed E-state index contributed by atoms with van der Waals surface area (Å²) in [4.78, 5) is 20.1. The predicted molar refractivity (Wildman–Crippen MR) is 140 cm³/mol. The summed E-state index contributed by atoms with van der Waals surface area (Å²) in [5.74, 6) is 3.33. The zero-order valence-electron chi connectivity index (χ0n) is 22.1. The molecule has 0 saturated carbocycles. The van der Waals surface area contributed by atoms with E-state index < -0.39 is 12.0 Å². The van der Waals surface area contributed by atoms with Gasteiger partial charge in [0.05, 0.1) is 33.1 Å². The number of nitrogens with one attached hydrogen (secondary N) is 1. The number of nitrogens with zero attached hydrogens (tertiary/aromatic N) is 4. The van der Waals surface area contributed by atoms with Crippen LogP contribution in [0, 0.1) is 0 Å². The molecule has 3 aromatic rings. The lowest BCUT2D eigenvalue weighted by Crippen LogP contribution is -2.42. The molecule has 1 saturated heterocycles. The first-order valence-corrected chi connectivity index (χ1v) is 12.2. The molecule has 1 aromatic heterocycles. The van der Waals surface area contributed by atoms with Crippen molar-refractivity contribution in [2.75, 3.05) is 33.0 Å². The van der Waals surface area contributed by atoms with Crippen LogP contribution in [0.15, 0.2) is 41.5 Å². The fourth-order valence-electron chi connectivity index (χ4n) is 5.36. The molecule has 38 heavy (non-hydrogen) atoms. The number of urea groups is 1. The Morgan fingerprint density at radius 3 is 2.53 bits per heavy atom. The van der Waals surface area contributed by atoms with Crippen LogP contribution < -0.4 is 33.9 Å². The third-order valence-corrected chi connectivity index (χ3v) is 6.98. The van der Waals surface area contributed by atoms with Gasteiger partial charge in [0.25, 0.3) is 0 Å². The Morgan fingerprint density at radius 1 is 1.03 bits per heavy atom. The molecule has 3 aliphatic heterocycles. The Hall–Kier alpha value is -4.41. The first-order valence-electron chi connectivity index (χ1n) is 12.2. The molecule has 198 valence electrons. The molecule has 0 spiro atoms. The molecule has 2 amide bonds. The van der Waals surface area contributed by atoms with Gasteiger partial charge in [0.2, 0.25) is 18.3 Å². The first kappa shape index (κ1) is 24.0. The van der Waals surface area contributed by atoms with Crippen molar-refractivity contribution in [3.8, 4) is 28.7 Å². The van der Waals surface area contributed by atoms with Gasteiger partial charge in [-0.3, -0.25) is 10.2 Å². The Balaban J connectivity index is 1.62. The molecule has 1 N–H and O–H groups in total. The van der Waals surface area contributed by atoms with E-state index in [-0.39, 0.29) is 18.4 Å². The number of amides is 2. The number of carbonyl (C=O) groups is 1. The maximum atomic E-state index is 13.5. The van der Waals surface area contributed by atoms with Crippen molar-refractivity contribution in [2.45, 2.75) is 38.3 Å². The summed E-state index contributed by atoms with van der Waals surface area (Å²) in [5, 5.41) is 7.71. The molecule has 0 radical (unpaired) electrons. The lowest BCUT2D eigenvalue weighted by atomic mass is 9.82. The highest BCUT2D eigenvalue weighted by atomic mass is 16.7. The number of anilines is 1. The summed E-state index contributed by atoms with van der Waals surface area (Å²) < 4.78 is 30.4. The van der Waals surface area contributed by atoms with Gasteiger partial charge >= 0.3 is 6.03 Å². The van der Waals surface area contributed by atoms with E-state index in [1.54, 1.807) is 26.2 Å². The second-order valence-electron chi connectivity index (χ2n) is 10.2. The summed E-state index contributed by atoms with van der Waals surface area (Å²) in [6.07, 6.45) is 1.81. The van der Waals surface area contributed by atoms with Crippen LogP contribution in [0.1, 0.15) is 37.8 Å².